The lowest BCUT2D eigenvalue weighted by atomic mass is 9.95. The van der Waals surface area contributed by atoms with Crippen molar-refractivity contribution in [2.75, 3.05) is 13.6 Å². The average molecular weight is 566 g/mol. The van der Waals surface area contributed by atoms with E-state index >= 15 is 0 Å². The van der Waals surface area contributed by atoms with Gasteiger partial charge in [0.15, 0.2) is 5.96 Å². The van der Waals surface area contributed by atoms with Crippen LogP contribution in [-0.4, -0.2) is 61.1 Å². The Labute approximate surface area is 239 Å². The molecule has 0 saturated carbocycles. The van der Waals surface area contributed by atoms with Gasteiger partial charge in [-0.15, -0.1) is 0 Å². The fourth-order valence-electron chi connectivity index (χ4n) is 4.09. The van der Waals surface area contributed by atoms with Gasteiger partial charge in [-0.3, -0.25) is 29.6 Å². The van der Waals surface area contributed by atoms with Crippen LogP contribution in [0.5, 0.6) is 0 Å². The fraction of sp³-hybridized carbons (Fsp3) is 0.357. The van der Waals surface area contributed by atoms with Gasteiger partial charge in [0.25, 0.3) is 0 Å². The van der Waals surface area contributed by atoms with Crippen LogP contribution in [-0.2, 0) is 32.0 Å². The number of primary amides is 1. The summed E-state index contributed by atoms with van der Waals surface area (Å²) in [5.41, 5.74) is 23.8. The normalized spacial score (nSPS) is 12.7. The SMILES string of the molecule is CNC(=O)C(Cc1ccc(C(=N)N)cc1)C(=O)N[C@@H](CCc1ccccc1)C(=O)N[C@@H](CCCN=C(N)N)C(N)=O. The zero-order valence-corrected chi connectivity index (χ0v) is 23.1. The maximum absolute atomic E-state index is 13.4. The molecule has 41 heavy (non-hydrogen) atoms. The molecule has 0 aromatic heterocycles. The number of carbonyl (C=O) groups is 4. The van der Waals surface area contributed by atoms with E-state index in [9.17, 15) is 19.2 Å². The number of amides is 4. The van der Waals surface area contributed by atoms with E-state index in [1.165, 1.54) is 7.05 Å². The van der Waals surface area contributed by atoms with Crippen molar-refractivity contribution >= 4 is 35.4 Å². The number of aryl methyl sites for hydroxylation is 1. The highest BCUT2D eigenvalue weighted by Gasteiger charge is 2.31. The first-order chi connectivity index (χ1) is 19.5. The van der Waals surface area contributed by atoms with Gasteiger partial charge in [0.1, 0.15) is 23.8 Å². The zero-order chi connectivity index (χ0) is 30.4. The number of nitrogens with one attached hydrogen (secondary N) is 4. The van der Waals surface area contributed by atoms with E-state index < -0.39 is 41.6 Å². The third kappa shape index (κ3) is 11.0. The van der Waals surface area contributed by atoms with Crippen molar-refractivity contribution in [3.63, 3.8) is 0 Å². The number of carbonyl (C=O) groups excluding carboxylic acids is 4. The van der Waals surface area contributed by atoms with Crippen LogP contribution in [0, 0.1) is 11.3 Å². The van der Waals surface area contributed by atoms with Gasteiger partial charge in [-0.25, -0.2) is 0 Å². The van der Waals surface area contributed by atoms with Crippen LogP contribution in [0.4, 0.5) is 0 Å². The average Bonchev–Trinajstić information content (AvgIpc) is 2.95. The van der Waals surface area contributed by atoms with Gasteiger partial charge in [0.2, 0.25) is 23.6 Å². The number of benzene rings is 2. The van der Waals surface area contributed by atoms with E-state index in [0.717, 1.165) is 5.56 Å². The van der Waals surface area contributed by atoms with Crippen LogP contribution in [0.2, 0.25) is 0 Å². The van der Waals surface area contributed by atoms with Crippen LogP contribution in [0.25, 0.3) is 0 Å². The summed E-state index contributed by atoms with van der Waals surface area (Å²) in [6, 6.07) is 13.9. The van der Waals surface area contributed by atoms with E-state index in [0.29, 0.717) is 24.0 Å². The number of nitrogens with two attached hydrogens (primary N) is 4. The summed E-state index contributed by atoms with van der Waals surface area (Å²) in [5.74, 6) is -3.88. The summed E-state index contributed by atoms with van der Waals surface area (Å²) in [4.78, 5) is 55.4. The molecular weight excluding hydrogens is 526 g/mol. The molecule has 0 bridgehead atoms. The minimum Gasteiger partial charge on any atom is -0.384 e. The smallest absolute Gasteiger partial charge is 0.243 e. The maximum Gasteiger partial charge on any atom is 0.243 e. The Balaban J connectivity index is 2.22. The lowest BCUT2D eigenvalue weighted by Gasteiger charge is -2.24. The van der Waals surface area contributed by atoms with Gasteiger partial charge in [0.05, 0.1) is 0 Å². The Morgan fingerprint density at radius 1 is 0.805 bits per heavy atom. The van der Waals surface area contributed by atoms with E-state index in [2.05, 4.69) is 20.9 Å². The molecule has 3 atom stereocenters. The second-order valence-corrected chi connectivity index (χ2v) is 9.48. The van der Waals surface area contributed by atoms with E-state index in [1.54, 1.807) is 24.3 Å². The monoisotopic (exact) mass is 565 g/mol. The molecule has 0 aliphatic rings. The minimum absolute atomic E-state index is 0.0470. The minimum atomic E-state index is -1.15. The Kier molecular flexibility index (Phi) is 12.8. The molecule has 2 rings (SSSR count). The number of nitrogen functional groups attached to an aromatic ring is 1. The number of nitrogens with zero attached hydrogens (tertiary/aromatic N) is 1. The second-order valence-electron chi connectivity index (χ2n) is 9.48. The summed E-state index contributed by atoms with van der Waals surface area (Å²) < 4.78 is 0. The van der Waals surface area contributed by atoms with Gasteiger partial charge in [-0.05, 0) is 43.2 Å². The Morgan fingerprint density at radius 2 is 1.44 bits per heavy atom. The number of amidine groups is 1. The fourth-order valence-corrected chi connectivity index (χ4v) is 4.09. The molecule has 13 heteroatoms. The summed E-state index contributed by atoms with van der Waals surface area (Å²) in [5, 5.41) is 15.4. The summed E-state index contributed by atoms with van der Waals surface area (Å²) in [6.45, 7) is 0.247. The lowest BCUT2D eigenvalue weighted by Crippen LogP contribution is -2.55. The van der Waals surface area contributed by atoms with Crippen LogP contribution in [0.3, 0.4) is 0 Å². The van der Waals surface area contributed by atoms with Gasteiger partial charge in [-0.2, -0.15) is 0 Å². The van der Waals surface area contributed by atoms with Crippen molar-refractivity contribution < 1.29 is 19.2 Å². The number of aliphatic imine (C=N–C) groups is 1. The molecule has 0 spiro atoms. The highest BCUT2D eigenvalue weighted by molar-refractivity contribution is 6.02. The molecule has 1 unspecified atom stereocenters. The molecular formula is C28H39N9O4. The zero-order valence-electron chi connectivity index (χ0n) is 23.1. The van der Waals surface area contributed by atoms with E-state index in [1.807, 2.05) is 30.3 Å². The molecule has 0 radical (unpaired) electrons. The highest BCUT2D eigenvalue weighted by Crippen LogP contribution is 2.13. The van der Waals surface area contributed by atoms with Crippen molar-refractivity contribution in [1.82, 2.24) is 16.0 Å². The van der Waals surface area contributed by atoms with Gasteiger partial charge in [0, 0.05) is 19.2 Å². The van der Waals surface area contributed by atoms with Crippen LogP contribution >= 0.6 is 0 Å². The summed E-state index contributed by atoms with van der Waals surface area (Å²) in [6.07, 6.45) is 1.27. The van der Waals surface area contributed by atoms with E-state index in [-0.39, 0.29) is 37.6 Å². The Bertz CT molecular complexity index is 1230. The van der Waals surface area contributed by atoms with Crippen molar-refractivity contribution in [2.45, 2.75) is 44.2 Å². The largest absolute Gasteiger partial charge is 0.384 e. The topological polar surface area (TPSA) is 245 Å². The van der Waals surface area contributed by atoms with Crippen molar-refractivity contribution in [3.8, 4) is 0 Å². The van der Waals surface area contributed by atoms with Crippen molar-refractivity contribution in [3.05, 3.63) is 71.3 Å². The first-order valence-corrected chi connectivity index (χ1v) is 13.2. The lowest BCUT2D eigenvalue weighted by molar-refractivity contribution is -0.137. The number of guanidine groups is 1. The quantitative estimate of drug-likeness (QED) is 0.0546. The third-order valence-electron chi connectivity index (χ3n) is 6.39. The van der Waals surface area contributed by atoms with Crippen LogP contribution < -0.4 is 38.9 Å². The first kappa shape index (κ1) is 32.3. The standard InChI is InChI=1S/C28H39N9O4/c1-34-25(39)20(16-18-9-12-19(13-10-18)23(29)30)26(40)37-22(14-11-17-6-3-2-4-7-17)27(41)36-21(24(31)38)8-5-15-35-28(32)33/h2-4,6-7,9-10,12-13,20-22H,5,8,11,14-16H2,1H3,(H3,29,30)(H2,31,38)(H,34,39)(H,36,41)(H,37,40)(H4,32,33,35)/t20?,21-,22-/m0/s1. The molecule has 0 saturated heterocycles. The number of rotatable bonds is 16. The predicted octanol–water partition coefficient (Wildman–Crippen LogP) is -0.983. The van der Waals surface area contributed by atoms with Crippen LogP contribution in [0.1, 0.15) is 36.0 Å². The maximum atomic E-state index is 13.4. The molecule has 0 aliphatic heterocycles. The molecule has 0 fully saturated rings. The number of hydrogen-bond acceptors (Lipinski definition) is 6. The Hall–Kier alpha value is -4.94. The molecule has 12 N–H and O–H groups in total. The number of hydrogen-bond donors (Lipinski definition) is 8. The van der Waals surface area contributed by atoms with Gasteiger partial charge < -0.3 is 38.9 Å². The van der Waals surface area contributed by atoms with Gasteiger partial charge in [-0.1, -0.05) is 54.6 Å². The molecule has 0 heterocycles. The van der Waals surface area contributed by atoms with Crippen molar-refractivity contribution in [1.29, 1.82) is 5.41 Å². The predicted molar refractivity (Wildman–Crippen MR) is 156 cm³/mol. The summed E-state index contributed by atoms with van der Waals surface area (Å²) >= 11 is 0. The molecule has 220 valence electrons. The highest BCUT2D eigenvalue weighted by atomic mass is 16.2. The molecule has 13 nitrogen and oxygen atoms in total. The second kappa shape index (κ2) is 16.2. The molecule has 2 aromatic rings. The van der Waals surface area contributed by atoms with Gasteiger partial charge >= 0.3 is 0 Å². The molecule has 4 amide bonds. The molecule has 0 aliphatic carbocycles. The van der Waals surface area contributed by atoms with E-state index in [4.69, 9.17) is 28.3 Å². The third-order valence-corrected chi connectivity index (χ3v) is 6.39. The summed E-state index contributed by atoms with van der Waals surface area (Å²) in [7, 11) is 1.42. The molecule has 2 aromatic carbocycles. The first-order valence-electron chi connectivity index (χ1n) is 13.2. The van der Waals surface area contributed by atoms with Crippen LogP contribution in [0.15, 0.2) is 59.6 Å². The van der Waals surface area contributed by atoms with Crippen molar-refractivity contribution in [2.24, 2.45) is 33.8 Å². The Morgan fingerprint density at radius 3 is 2.00 bits per heavy atom.